The highest BCUT2D eigenvalue weighted by molar-refractivity contribution is 7.80. The average Bonchev–Trinajstić information content (AvgIpc) is 3.15. The second-order valence-corrected chi connectivity index (χ2v) is 7.58. The quantitative estimate of drug-likeness (QED) is 0.480. The van der Waals surface area contributed by atoms with Gasteiger partial charge in [-0.2, -0.15) is 0 Å². The lowest BCUT2D eigenvalue weighted by Crippen LogP contribution is -2.51. The van der Waals surface area contributed by atoms with Crippen molar-refractivity contribution < 1.29 is 19.1 Å². The van der Waals surface area contributed by atoms with Crippen molar-refractivity contribution in [1.29, 1.82) is 0 Å². The summed E-state index contributed by atoms with van der Waals surface area (Å²) in [7, 11) is 1.58. The minimum atomic E-state index is -1.13. The van der Waals surface area contributed by atoms with E-state index in [1.54, 1.807) is 24.1 Å². The molecule has 1 fully saturated rings. The molecule has 3 aliphatic heterocycles. The number of para-hydroxylation sites is 1. The van der Waals surface area contributed by atoms with Gasteiger partial charge in [-0.15, -0.1) is 0 Å². The van der Waals surface area contributed by atoms with E-state index in [0.29, 0.717) is 23.0 Å². The van der Waals surface area contributed by atoms with Gasteiger partial charge in [-0.25, -0.2) is 0 Å². The molecule has 28 heavy (non-hydrogen) atoms. The van der Waals surface area contributed by atoms with Gasteiger partial charge in [0.25, 0.3) is 5.91 Å². The molecule has 142 valence electrons. The van der Waals surface area contributed by atoms with Crippen LogP contribution in [0.25, 0.3) is 0 Å². The molecule has 0 bridgehead atoms. The molecule has 1 N–H and O–H groups in total. The average molecular weight is 394 g/mol. The lowest BCUT2D eigenvalue weighted by Gasteiger charge is -2.35. The number of hydrogen-bond acceptors (Lipinski definition) is 5. The van der Waals surface area contributed by atoms with E-state index in [4.69, 9.17) is 21.7 Å². The summed E-state index contributed by atoms with van der Waals surface area (Å²) in [6.07, 6.45) is 0. The highest BCUT2D eigenvalue weighted by Gasteiger charge is 2.66. The van der Waals surface area contributed by atoms with E-state index in [1.807, 2.05) is 37.3 Å². The number of amides is 1. The number of hydrogen-bond donors (Lipinski definition) is 1. The Labute approximate surface area is 167 Å². The monoisotopic (exact) mass is 394 g/mol. The summed E-state index contributed by atoms with van der Waals surface area (Å²) in [5.74, 6) is -0.681. The number of esters is 1. The smallest absolute Gasteiger partial charge is 0.322 e. The van der Waals surface area contributed by atoms with Crippen molar-refractivity contribution in [2.45, 2.75) is 18.4 Å². The number of ether oxygens (including phenoxy) is 2. The minimum Gasteiger partial charge on any atom is -0.497 e. The summed E-state index contributed by atoms with van der Waals surface area (Å²) in [6, 6.07) is 12.9. The van der Waals surface area contributed by atoms with E-state index < -0.39 is 23.3 Å². The van der Waals surface area contributed by atoms with E-state index in [9.17, 15) is 9.59 Å². The number of methoxy groups -OCH3 is 1. The van der Waals surface area contributed by atoms with Crippen molar-refractivity contribution >= 4 is 34.8 Å². The molecule has 3 aliphatic rings. The predicted molar refractivity (Wildman–Crippen MR) is 107 cm³/mol. The Kier molecular flexibility index (Phi) is 3.55. The van der Waals surface area contributed by atoms with Gasteiger partial charge in [0.1, 0.15) is 17.4 Å². The molecule has 6 nitrogen and oxygen atoms in total. The van der Waals surface area contributed by atoms with E-state index in [-0.39, 0.29) is 5.91 Å². The van der Waals surface area contributed by atoms with E-state index in [1.165, 1.54) is 0 Å². The normalized spacial score (nSPS) is 27.2. The predicted octanol–water partition coefficient (Wildman–Crippen LogP) is 2.51. The van der Waals surface area contributed by atoms with Crippen LogP contribution in [0.4, 0.5) is 5.69 Å². The van der Waals surface area contributed by atoms with Crippen molar-refractivity contribution in [1.82, 2.24) is 5.32 Å². The standard InChI is InChI=1S/C21H18N2O4S/c1-3-23-14-7-5-4-6-13(14)21(20(23)25)17-12-10-11(26-2)8-9-15(12)27-19(24)16(17)18(28)22-21/h4-10,16-17H,3H2,1-2H3,(H,22,28)/t16-,17+,21-/m0/s1. The zero-order valence-electron chi connectivity index (χ0n) is 15.4. The Morgan fingerprint density at radius 3 is 2.79 bits per heavy atom. The van der Waals surface area contributed by atoms with Gasteiger partial charge < -0.3 is 19.7 Å². The summed E-state index contributed by atoms with van der Waals surface area (Å²) in [6.45, 7) is 2.46. The van der Waals surface area contributed by atoms with Crippen LogP contribution in [0.3, 0.4) is 0 Å². The maximum absolute atomic E-state index is 13.7. The molecule has 0 aromatic heterocycles. The highest BCUT2D eigenvalue weighted by Crippen LogP contribution is 2.58. The zero-order valence-corrected chi connectivity index (χ0v) is 16.2. The summed E-state index contributed by atoms with van der Waals surface area (Å²) in [5.41, 5.74) is 1.29. The largest absolute Gasteiger partial charge is 0.497 e. The van der Waals surface area contributed by atoms with E-state index in [0.717, 1.165) is 16.8 Å². The molecule has 0 unspecified atom stereocenters. The first-order valence-corrected chi connectivity index (χ1v) is 9.57. The van der Waals surface area contributed by atoms with E-state index in [2.05, 4.69) is 5.32 Å². The third-order valence-electron chi connectivity index (χ3n) is 5.94. The van der Waals surface area contributed by atoms with Gasteiger partial charge in [-0.05, 0) is 31.2 Å². The number of fused-ring (bicyclic) bond motifs is 6. The number of rotatable bonds is 2. The van der Waals surface area contributed by atoms with Crippen LogP contribution in [0.1, 0.15) is 24.0 Å². The van der Waals surface area contributed by atoms with Gasteiger partial charge in [0.15, 0.2) is 5.54 Å². The molecule has 0 saturated carbocycles. The SMILES string of the molecule is CCN1C(=O)[C@]2(NC(=S)[C@H]3C(=O)Oc4ccc(OC)cc4[C@H]32)c2ccccc21. The van der Waals surface area contributed by atoms with Gasteiger partial charge in [0.2, 0.25) is 0 Å². The fourth-order valence-electron chi connectivity index (χ4n) is 4.78. The number of nitrogens with zero attached hydrogens (tertiary/aromatic N) is 1. The van der Waals surface area contributed by atoms with Gasteiger partial charge in [0.05, 0.1) is 12.1 Å². The number of benzene rings is 2. The number of anilines is 1. The molecule has 3 atom stereocenters. The van der Waals surface area contributed by atoms with Crippen molar-refractivity contribution in [3.8, 4) is 11.5 Å². The second-order valence-electron chi connectivity index (χ2n) is 7.14. The Morgan fingerprint density at radius 2 is 2.04 bits per heavy atom. The molecule has 3 heterocycles. The lowest BCUT2D eigenvalue weighted by molar-refractivity contribution is -0.139. The van der Waals surface area contributed by atoms with Gasteiger partial charge in [-0.3, -0.25) is 9.59 Å². The molecule has 2 aromatic carbocycles. The first-order chi connectivity index (χ1) is 13.5. The first kappa shape index (κ1) is 17.2. The molecule has 5 rings (SSSR count). The van der Waals surface area contributed by atoms with Gasteiger partial charge >= 0.3 is 5.97 Å². The summed E-state index contributed by atoms with van der Waals surface area (Å²) in [4.78, 5) is 28.6. The minimum absolute atomic E-state index is 0.102. The third kappa shape index (κ3) is 1.94. The molecular weight excluding hydrogens is 376 g/mol. The van der Waals surface area contributed by atoms with Crippen LogP contribution >= 0.6 is 12.2 Å². The molecule has 7 heteroatoms. The maximum atomic E-state index is 13.7. The Balaban J connectivity index is 1.81. The molecule has 1 saturated heterocycles. The Hall–Kier alpha value is -2.93. The highest BCUT2D eigenvalue weighted by atomic mass is 32.1. The van der Waals surface area contributed by atoms with Crippen molar-refractivity contribution in [2.24, 2.45) is 5.92 Å². The number of carbonyl (C=O) groups excluding carboxylic acids is 2. The van der Waals surface area contributed by atoms with Crippen LogP contribution in [0.5, 0.6) is 11.5 Å². The number of carbonyl (C=O) groups is 2. The summed E-state index contributed by atoms with van der Waals surface area (Å²) < 4.78 is 10.9. The Bertz CT molecular complexity index is 1050. The summed E-state index contributed by atoms with van der Waals surface area (Å²) in [5, 5.41) is 3.25. The van der Waals surface area contributed by atoms with Crippen LogP contribution < -0.4 is 19.7 Å². The fraction of sp³-hybridized carbons (Fsp3) is 0.286. The zero-order chi connectivity index (χ0) is 19.6. The lowest BCUT2D eigenvalue weighted by atomic mass is 9.71. The maximum Gasteiger partial charge on any atom is 0.322 e. The first-order valence-electron chi connectivity index (χ1n) is 9.16. The van der Waals surface area contributed by atoms with E-state index >= 15 is 0 Å². The third-order valence-corrected chi connectivity index (χ3v) is 6.29. The molecule has 2 aromatic rings. The van der Waals surface area contributed by atoms with Crippen molar-refractivity contribution in [3.63, 3.8) is 0 Å². The van der Waals surface area contributed by atoms with Crippen LogP contribution in [0.15, 0.2) is 42.5 Å². The van der Waals surface area contributed by atoms with Crippen LogP contribution in [-0.4, -0.2) is 30.5 Å². The van der Waals surface area contributed by atoms with Gasteiger partial charge in [0, 0.05) is 29.3 Å². The number of likely N-dealkylation sites (N-methyl/N-ethyl adjacent to an activating group) is 1. The molecular formula is C21H18N2O4S. The van der Waals surface area contributed by atoms with Gasteiger partial charge in [-0.1, -0.05) is 30.4 Å². The van der Waals surface area contributed by atoms with Crippen LogP contribution in [-0.2, 0) is 15.1 Å². The van der Waals surface area contributed by atoms with Crippen LogP contribution in [0.2, 0.25) is 0 Å². The molecule has 1 spiro atoms. The van der Waals surface area contributed by atoms with Crippen LogP contribution in [0, 0.1) is 5.92 Å². The number of thiocarbonyl (C=S) groups is 1. The topological polar surface area (TPSA) is 67.9 Å². The summed E-state index contributed by atoms with van der Waals surface area (Å²) >= 11 is 5.54. The molecule has 1 amide bonds. The Morgan fingerprint density at radius 1 is 1.25 bits per heavy atom. The second kappa shape index (κ2) is 5.78. The van der Waals surface area contributed by atoms with Crippen molar-refractivity contribution in [3.05, 3.63) is 53.6 Å². The molecule has 0 radical (unpaired) electrons. The fourth-order valence-corrected chi connectivity index (χ4v) is 5.18. The van der Waals surface area contributed by atoms with Crippen molar-refractivity contribution in [2.75, 3.05) is 18.6 Å². The molecule has 0 aliphatic carbocycles. The number of nitrogens with one attached hydrogen (secondary N) is 1.